The van der Waals surface area contributed by atoms with E-state index in [-0.39, 0.29) is 31.4 Å². The molecule has 0 saturated carbocycles. The Balaban J connectivity index is 1.42. The van der Waals surface area contributed by atoms with Crippen molar-refractivity contribution in [3.05, 3.63) is 71.3 Å². The van der Waals surface area contributed by atoms with Crippen LogP contribution >= 0.6 is 0 Å². The number of hydrogen-bond donors (Lipinski definition) is 1. The maximum atomic E-state index is 12.3. The first-order valence-corrected chi connectivity index (χ1v) is 9.32. The molecule has 6 heteroatoms. The Morgan fingerprint density at radius 2 is 1.79 bits per heavy atom. The van der Waals surface area contributed by atoms with Crippen LogP contribution in [-0.2, 0) is 32.3 Å². The molecule has 28 heavy (non-hydrogen) atoms. The van der Waals surface area contributed by atoms with E-state index in [9.17, 15) is 14.4 Å². The molecule has 146 valence electrons. The summed E-state index contributed by atoms with van der Waals surface area (Å²) in [5.74, 6) is -1.29. The fraction of sp³-hybridized carbons (Fsp3) is 0.318. The molecule has 0 unspecified atom stereocenters. The van der Waals surface area contributed by atoms with Gasteiger partial charge < -0.3 is 15.0 Å². The number of carbonyl (C=O) groups excluding carboxylic acids is 3. The number of benzene rings is 2. The fourth-order valence-corrected chi connectivity index (χ4v) is 3.11. The van der Waals surface area contributed by atoms with Crippen LogP contribution in [0.15, 0.2) is 54.6 Å². The number of ether oxygens (including phenoxy) is 1. The van der Waals surface area contributed by atoms with Crippen molar-refractivity contribution in [1.29, 1.82) is 0 Å². The number of rotatable bonds is 7. The van der Waals surface area contributed by atoms with E-state index in [0.717, 1.165) is 16.7 Å². The quantitative estimate of drug-likeness (QED) is 0.748. The van der Waals surface area contributed by atoms with E-state index in [4.69, 9.17) is 4.74 Å². The van der Waals surface area contributed by atoms with Gasteiger partial charge in [0.05, 0.1) is 5.92 Å². The topological polar surface area (TPSA) is 75.7 Å². The fourth-order valence-electron chi connectivity index (χ4n) is 3.11. The van der Waals surface area contributed by atoms with E-state index < -0.39 is 11.9 Å². The summed E-state index contributed by atoms with van der Waals surface area (Å²) < 4.78 is 5.14. The van der Waals surface area contributed by atoms with Crippen LogP contribution in [0.4, 0.5) is 0 Å². The van der Waals surface area contributed by atoms with Crippen LogP contribution in [0.5, 0.6) is 0 Å². The second kappa shape index (κ2) is 9.17. The minimum Gasteiger partial charge on any atom is -0.460 e. The van der Waals surface area contributed by atoms with Crippen LogP contribution < -0.4 is 5.32 Å². The summed E-state index contributed by atoms with van der Waals surface area (Å²) in [7, 11) is 0. The van der Waals surface area contributed by atoms with E-state index in [1.165, 1.54) is 0 Å². The summed E-state index contributed by atoms with van der Waals surface area (Å²) in [6.45, 7) is 2.83. The van der Waals surface area contributed by atoms with Crippen molar-refractivity contribution >= 4 is 17.8 Å². The molecule has 2 amide bonds. The van der Waals surface area contributed by atoms with Crippen molar-refractivity contribution < 1.29 is 19.1 Å². The molecule has 2 aromatic carbocycles. The first-order chi connectivity index (χ1) is 13.5. The Hall–Kier alpha value is -3.15. The average molecular weight is 380 g/mol. The molecule has 1 atom stereocenters. The Morgan fingerprint density at radius 3 is 2.50 bits per heavy atom. The van der Waals surface area contributed by atoms with Gasteiger partial charge in [0, 0.05) is 19.5 Å². The van der Waals surface area contributed by atoms with E-state index in [1.807, 2.05) is 61.5 Å². The van der Waals surface area contributed by atoms with Crippen molar-refractivity contribution in [2.75, 3.05) is 13.1 Å². The van der Waals surface area contributed by atoms with Crippen LogP contribution in [0.2, 0.25) is 0 Å². The highest BCUT2D eigenvalue weighted by Crippen LogP contribution is 2.20. The molecule has 0 bridgehead atoms. The molecule has 1 fully saturated rings. The van der Waals surface area contributed by atoms with Crippen molar-refractivity contribution in [3.8, 4) is 0 Å². The van der Waals surface area contributed by atoms with E-state index in [1.54, 1.807) is 4.90 Å². The Labute approximate surface area is 164 Å². The molecule has 6 nitrogen and oxygen atoms in total. The van der Waals surface area contributed by atoms with Crippen LogP contribution in [0.25, 0.3) is 0 Å². The van der Waals surface area contributed by atoms with Crippen LogP contribution in [0.1, 0.15) is 23.1 Å². The number of carbonyl (C=O) groups is 3. The number of nitrogens with zero attached hydrogens (tertiary/aromatic N) is 1. The molecule has 0 aromatic heterocycles. The third kappa shape index (κ3) is 5.42. The Bertz CT molecular complexity index is 833. The zero-order chi connectivity index (χ0) is 19.9. The van der Waals surface area contributed by atoms with E-state index >= 15 is 0 Å². The number of hydrogen-bond acceptors (Lipinski definition) is 4. The maximum Gasteiger partial charge on any atom is 0.325 e. The molecule has 0 spiro atoms. The number of aryl methyl sites for hydroxylation is 1. The lowest BCUT2D eigenvalue weighted by Gasteiger charge is -2.16. The van der Waals surface area contributed by atoms with Crippen molar-refractivity contribution in [1.82, 2.24) is 10.2 Å². The molecule has 1 N–H and O–H groups in total. The smallest absolute Gasteiger partial charge is 0.325 e. The van der Waals surface area contributed by atoms with Gasteiger partial charge in [-0.15, -0.1) is 0 Å². The van der Waals surface area contributed by atoms with Gasteiger partial charge in [-0.25, -0.2) is 0 Å². The standard InChI is InChI=1S/C22H24N2O4/c1-16-7-9-17(10-8-16)13-24-14-19(11-20(24)25)22(27)23-12-21(26)28-15-18-5-3-2-4-6-18/h2-10,19H,11-15H2,1H3,(H,23,27)/t19-/m1/s1. The minimum absolute atomic E-state index is 0.0487. The zero-order valence-corrected chi connectivity index (χ0v) is 15.9. The van der Waals surface area contributed by atoms with Gasteiger partial charge in [-0.2, -0.15) is 0 Å². The highest BCUT2D eigenvalue weighted by atomic mass is 16.5. The van der Waals surface area contributed by atoms with Crippen molar-refractivity contribution in [2.24, 2.45) is 5.92 Å². The second-order valence-electron chi connectivity index (χ2n) is 7.02. The summed E-state index contributed by atoms with van der Waals surface area (Å²) in [5, 5.41) is 2.58. The highest BCUT2D eigenvalue weighted by Gasteiger charge is 2.34. The third-order valence-corrected chi connectivity index (χ3v) is 4.73. The van der Waals surface area contributed by atoms with Gasteiger partial charge in [0.15, 0.2) is 0 Å². The lowest BCUT2D eigenvalue weighted by atomic mass is 10.1. The lowest BCUT2D eigenvalue weighted by Crippen LogP contribution is -2.36. The second-order valence-corrected chi connectivity index (χ2v) is 7.02. The highest BCUT2D eigenvalue weighted by molar-refractivity contribution is 5.90. The molecule has 2 aromatic rings. The van der Waals surface area contributed by atoms with Gasteiger partial charge in [0.2, 0.25) is 11.8 Å². The van der Waals surface area contributed by atoms with Crippen LogP contribution in [-0.4, -0.2) is 35.8 Å². The molecule has 0 radical (unpaired) electrons. The van der Waals surface area contributed by atoms with Gasteiger partial charge in [-0.05, 0) is 18.1 Å². The third-order valence-electron chi connectivity index (χ3n) is 4.73. The Kier molecular flexibility index (Phi) is 6.42. The summed E-state index contributed by atoms with van der Waals surface area (Å²) >= 11 is 0. The predicted octanol–water partition coefficient (Wildman–Crippen LogP) is 2.20. The predicted molar refractivity (Wildman–Crippen MR) is 104 cm³/mol. The SMILES string of the molecule is Cc1ccc(CN2C[C@H](C(=O)NCC(=O)OCc3ccccc3)CC2=O)cc1. The van der Waals surface area contributed by atoms with Crippen LogP contribution in [0.3, 0.4) is 0 Å². The van der Waals surface area contributed by atoms with Gasteiger partial charge in [0.1, 0.15) is 13.2 Å². The number of likely N-dealkylation sites (tertiary alicyclic amines) is 1. The molecule has 1 saturated heterocycles. The molecular weight excluding hydrogens is 356 g/mol. The van der Waals surface area contributed by atoms with Crippen molar-refractivity contribution in [2.45, 2.75) is 26.5 Å². The van der Waals surface area contributed by atoms with Gasteiger partial charge in [-0.1, -0.05) is 60.2 Å². The summed E-state index contributed by atoms with van der Waals surface area (Å²) in [4.78, 5) is 38.0. The first kappa shape index (κ1) is 19.6. The summed E-state index contributed by atoms with van der Waals surface area (Å²) in [6.07, 6.45) is 0.163. The first-order valence-electron chi connectivity index (χ1n) is 9.32. The Morgan fingerprint density at radius 1 is 1.07 bits per heavy atom. The largest absolute Gasteiger partial charge is 0.460 e. The van der Waals surface area contributed by atoms with Gasteiger partial charge in [0.25, 0.3) is 0 Å². The molecule has 0 aliphatic carbocycles. The normalized spacial score (nSPS) is 16.1. The molecule has 1 aliphatic heterocycles. The van der Waals surface area contributed by atoms with Crippen LogP contribution in [0, 0.1) is 12.8 Å². The molecule has 1 aliphatic rings. The molecule has 1 heterocycles. The molecule has 3 rings (SSSR count). The summed E-state index contributed by atoms with van der Waals surface area (Å²) in [6, 6.07) is 17.3. The zero-order valence-electron chi connectivity index (χ0n) is 15.9. The minimum atomic E-state index is -0.502. The average Bonchev–Trinajstić information content (AvgIpc) is 3.07. The van der Waals surface area contributed by atoms with Crippen molar-refractivity contribution in [3.63, 3.8) is 0 Å². The number of nitrogens with one attached hydrogen (secondary N) is 1. The summed E-state index contributed by atoms with van der Waals surface area (Å²) in [5.41, 5.74) is 3.08. The monoisotopic (exact) mass is 380 g/mol. The molecular formula is C22H24N2O4. The van der Waals surface area contributed by atoms with E-state index in [0.29, 0.717) is 13.1 Å². The lowest BCUT2D eigenvalue weighted by molar-refractivity contribution is -0.145. The van der Waals surface area contributed by atoms with E-state index in [2.05, 4.69) is 5.32 Å². The van der Waals surface area contributed by atoms with Gasteiger partial charge >= 0.3 is 5.97 Å². The maximum absolute atomic E-state index is 12.3. The number of amides is 2. The number of esters is 1. The van der Waals surface area contributed by atoms with Gasteiger partial charge in [-0.3, -0.25) is 14.4 Å².